The SMILES string of the molecule is CCOc1ccc(Cc2cc3cc(NC(=O)OC(C)C)cnc3n2CC2CCCCC2)nc1.COC(=O)Cc1cc(N(C)C(=O)OC(C)C)cnc1NCC1CCCCC1.[CH2-]c1ccc(OCC)cn1.[Li+]. The van der Waals surface area contributed by atoms with Crippen molar-refractivity contribution in [2.45, 2.75) is 137 Å². The van der Waals surface area contributed by atoms with Crippen LogP contribution >= 0.6 is 0 Å². The van der Waals surface area contributed by atoms with Crippen molar-refractivity contribution < 1.29 is 56.9 Å². The molecular formula is C54H75LiN8O8. The summed E-state index contributed by atoms with van der Waals surface area (Å²) in [6.45, 7) is 17.9. The molecule has 5 aromatic rings. The van der Waals surface area contributed by atoms with Crippen molar-refractivity contribution in [3.8, 4) is 11.5 Å². The number of esters is 1. The van der Waals surface area contributed by atoms with Gasteiger partial charge in [-0.25, -0.2) is 26.5 Å². The van der Waals surface area contributed by atoms with E-state index in [-0.39, 0.29) is 43.5 Å². The number of methoxy groups -OCH3 is 1. The van der Waals surface area contributed by atoms with E-state index in [4.69, 9.17) is 28.7 Å². The Morgan fingerprint density at radius 2 is 1.41 bits per heavy atom. The van der Waals surface area contributed by atoms with Crippen molar-refractivity contribution in [1.82, 2.24) is 24.5 Å². The van der Waals surface area contributed by atoms with Gasteiger partial charge in [0, 0.05) is 48.9 Å². The molecule has 71 heavy (non-hydrogen) atoms. The Labute approximate surface area is 432 Å². The molecule has 5 heterocycles. The molecule has 2 amide bonds. The minimum atomic E-state index is -0.466. The molecule has 0 saturated heterocycles. The van der Waals surface area contributed by atoms with Crippen LogP contribution in [0.25, 0.3) is 11.0 Å². The molecule has 2 fully saturated rings. The first-order valence-electron chi connectivity index (χ1n) is 24.9. The van der Waals surface area contributed by atoms with Crippen molar-refractivity contribution in [3.05, 3.63) is 96.8 Å². The minimum absolute atomic E-state index is 0. The average Bonchev–Trinajstić information content (AvgIpc) is 3.67. The summed E-state index contributed by atoms with van der Waals surface area (Å²) in [7, 11) is 2.99. The van der Waals surface area contributed by atoms with Gasteiger partial charge in [0.15, 0.2) is 0 Å². The molecule has 380 valence electrons. The number of carbonyl (C=O) groups excluding carboxylic acids is 3. The maximum atomic E-state index is 12.1. The van der Waals surface area contributed by atoms with Crippen LogP contribution in [0.3, 0.4) is 0 Å². The number of hydrogen-bond donors (Lipinski definition) is 2. The summed E-state index contributed by atoms with van der Waals surface area (Å²) in [5.74, 6) is 3.21. The molecule has 5 aromatic heterocycles. The number of ether oxygens (including phenoxy) is 5. The summed E-state index contributed by atoms with van der Waals surface area (Å²) in [5.41, 5.74) is 5.80. The molecule has 16 nitrogen and oxygen atoms in total. The van der Waals surface area contributed by atoms with E-state index < -0.39 is 12.2 Å². The van der Waals surface area contributed by atoms with Gasteiger partial charge in [-0.2, -0.15) is 6.07 Å². The second-order valence-electron chi connectivity index (χ2n) is 18.3. The van der Waals surface area contributed by atoms with Gasteiger partial charge in [-0.1, -0.05) is 44.6 Å². The Bertz CT molecular complexity index is 2380. The molecule has 0 radical (unpaired) electrons. The average molecular weight is 971 g/mol. The van der Waals surface area contributed by atoms with E-state index in [9.17, 15) is 14.4 Å². The van der Waals surface area contributed by atoms with Crippen molar-refractivity contribution in [3.63, 3.8) is 0 Å². The third-order valence-corrected chi connectivity index (χ3v) is 11.9. The van der Waals surface area contributed by atoms with Crippen LogP contribution in [0.4, 0.5) is 26.8 Å². The predicted octanol–water partition coefficient (Wildman–Crippen LogP) is 8.39. The Morgan fingerprint density at radius 1 is 0.775 bits per heavy atom. The van der Waals surface area contributed by atoms with Crippen LogP contribution in [0.2, 0.25) is 0 Å². The standard InChI is InChI=1S/C26H34N4O3.C20H31N3O4.C8H10NO.Li/c1-4-32-24-11-10-21(27-16-24)14-23-13-20-12-22(29-26(31)33-18(2)3)15-28-25(20)30(23)17-19-8-6-5-7-9-19;1-14(2)27-20(25)23(3)17-10-16(11-18(24)26-4)19(22-13-17)21-12-15-8-6-5-7-9-15;1-3-10-8-5-4-7(2)9-6-8;/h10-13,15-16,18-19H,4-9,14,17H2,1-3H3,(H,29,31);10,13-15H,5-9,11-12H2,1-4H3,(H,21,22);4-6H,2-3H2,1H3;/q;;-1;+1. The molecule has 2 aliphatic carbocycles. The van der Waals surface area contributed by atoms with Gasteiger partial charge >= 0.3 is 37.0 Å². The molecule has 17 heteroatoms. The second-order valence-corrected chi connectivity index (χ2v) is 18.3. The molecule has 2 saturated carbocycles. The van der Waals surface area contributed by atoms with Crippen molar-refractivity contribution >= 4 is 46.4 Å². The number of fused-ring (bicyclic) bond motifs is 1. The van der Waals surface area contributed by atoms with Crippen molar-refractivity contribution in [2.75, 3.05) is 49.4 Å². The van der Waals surface area contributed by atoms with Crippen LogP contribution in [0.5, 0.6) is 11.5 Å². The van der Waals surface area contributed by atoms with Crippen LogP contribution in [-0.4, -0.2) is 88.8 Å². The quantitative estimate of drug-likeness (QED) is 0.0393. The number of nitrogens with zero attached hydrogens (tertiary/aromatic N) is 6. The number of rotatable bonds is 17. The maximum Gasteiger partial charge on any atom is 1.00 e. The fourth-order valence-electron chi connectivity index (χ4n) is 8.44. The number of anilines is 3. The fraction of sp³-hybridized carbons (Fsp3) is 0.519. The molecule has 0 unspecified atom stereocenters. The zero-order valence-electron chi connectivity index (χ0n) is 43.6. The number of amides is 2. The Balaban J connectivity index is 0.000000259. The molecule has 0 bridgehead atoms. The van der Waals surface area contributed by atoms with Crippen LogP contribution in [-0.2, 0) is 38.4 Å². The first kappa shape index (κ1) is 57.6. The fourth-order valence-corrected chi connectivity index (χ4v) is 8.44. The molecular weight excluding hydrogens is 896 g/mol. The van der Waals surface area contributed by atoms with E-state index in [1.807, 2.05) is 58.0 Å². The molecule has 2 N–H and O–H groups in total. The van der Waals surface area contributed by atoms with Gasteiger partial charge in [-0.3, -0.25) is 25.0 Å². The summed E-state index contributed by atoms with van der Waals surface area (Å²) in [5, 5.41) is 7.18. The third-order valence-electron chi connectivity index (χ3n) is 11.9. The summed E-state index contributed by atoms with van der Waals surface area (Å²) in [6, 6.07) is 13.6. The molecule has 0 spiro atoms. The van der Waals surface area contributed by atoms with Gasteiger partial charge in [0.2, 0.25) is 0 Å². The van der Waals surface area contributed by atoms with E-state index in [0.29, 0.717) is 54.2 Å². The molecule has 0 aromatic carbocycles. The topological polar surface area (TPSA) is 181 Å². The Hall–Kier alpha value is -5.98. The second kappa shape index (κ2) is 30.0. The van der Waals surface area contributed by atoms with Crippen molar-refractivity contribution in [2.24, 2.45) is 11.8 Å². The first-order valence-corrected chi connectivity index (χ1v) is 24.9. The Morgan fingerprint density at radius 3 is 1.99 bits per heavy atom. The van der Waals surface area contributed by atoms with Crippen LogP contribution < -0.4 is 43.9 Å². The molecule has 0 atom stereocenters. The summed E-state index contributed by atoms with van der Waals surface area (Å²) in [6.07, 6.45) is 19.1. The number of hydrogen-bond acceptors (Lipinski definition) is 13. The van der Waals surface area contributed by atoms with Crippen LogP contribution in [0.15, 0.2) is 67.3 Å². The number of aromatic nitrogens is 5. The summed E-state index contributed by atoms with van der Waals surface area (Å²) in [4.78, 5) is 55.1. The number of nitrogens with one attached hydrogen (secondary N) is 2. The first-order chi connectivity index (χ1) is 33.7. The van der Waals surface area contributed by atoms with Gasteiger partial charge < -0.3 is 33.6 Å². The van der Waals surface area contributed by atoms with Gasteiger partial charge in [0.25, 0.3) is 0 Å². The monoisotopic (exact) mass is 971 g/mol. The van der Waals surface area contributed by atoms with Crippen LogP contribution in [0.1, 0.15) is 128 Å². The predicted molar refractivity (Wildman–Crippen MR) is 275 cm³/mol. The molecule has 2 aliphatic rings. The molecule has 7 rings (SSSR count). The van der Waals surface area contributed by atoms with E-state index in [1.54, 1.807) is 51.7 Å². The normalized spacial score (nSPS) is 13.7. The van der Waals surface area contributed by atoms with E-state index >= 15 is 0 Å². The third kappa shape index (κ3) is 19.3. The zero-order chi connectivity index (χ0) is 50.4. The van der Waals surface area contributed by atoms with Crippen LogP contribution in [0, 0.1) is 18.8 Å². The van der Waals surface area contributed by atoms with Gasteiger partial charge in [0.1, 0.15) is 23.0 Å². The van der Waals surface area contributed by atoms with Gasteiger partial charge in [-0.05, 0) is 109 Å². The molecule has 0 aliphatic heterocycles. The largest absolute Gasteiger partial charge is 1.00 e. The minimum Gasteiger partial charge on any atom is -0.494 e. The summed E-state index contributed by atoms with van der Waals surface area (Å²) >= 11 is 0. The summed E-state index contributed by atoms with van der Waals surface area (Å²) < 4.78 is 28.3. The smallest absolute Gasteiger partial charge is 0.494 e. The zero-order valence-corrected chi connectivity index (χ0v) is 43.6. The number of pyridine rings is 4. The number of carbonyl (C=O) groups is 3. The van der Waals surface area contributed by atoms with E-state index in [0.717, 1.165) is 47.0 Å². The van der Waals surface area contributed by atoms with Gasteiger partial charge in [0.05, 0.1) is 75.1 Å². The van der Waals surface area contributed by atoms with E-state index in [2.05, 4.69) is 43.1 Å². The maximum absolute atomic E-state index is 12.1. The van der Waals surface area contributed by atoms with Crippen molar-refractivity contribution in [1.29, 1.82) is 0 Å². The Kier molecular flexibility index (Phi) is 24.4. The van der Waals surface area contributed by atoms with E-state index in [1.165, 1.54) is 81.9 Å². The van der Waals surface area contributed by atoms with Gasteiger partial charge in [-0.15, -0.1) is 5.69 Å².